The second-order valence-corrected chi connectivity index (χ2v) is 5.49. The molecule has 2 aromatic heterocycles. The largest absolute Gasteiger partial charge is 0.489 e. The summed E-state index contributed by atoms with van der Waals surface area (Å²) in [6, 6.07) is 5.80. The second-order valence-electron chi connectivity index (χ2n) is 4.64. The van der Waals surface area contributed by atoms with Crippen molar-refractivity contribution in [2.75, 3.05) is 5.32 Å². The number of rotatable bonds is 4. The number of aryl methyl sites for hydroxylation is 1. The fourth-order valence-corrected chi connectivity index (χ4v) is 1.86. The zero-order valence-electron chi connectivity index (χ0n) is 10.6. The third-order valence-corrected chi connectivity index (χ3v) is 3.70. The molecule has 0 spiro atoms. The normalized spacial score (nSPS) is 14.2. The lowest BCUT2D eigenvalue weighted by Crippen LogP contribution is -1.99. The maximum absolute atomic E-state index is 5.65. The molecule has 1 aliphatic rings. The number of pyridine rings is 2. The van der Waals surface area contributed by atoms with Crippen molar-refractivity contribution in [1.29, 1.82) is 0 Å². The van der Waals surface area contributed by atoms with Gasteiger partial charge in [-0.1, -0.05) is 0 Å². The summed E-state index contributed by atoms with van der Waals surface area (Å²) in [6.07, 6.45) is 6.23. The Morgan fingerprint density at radius 1 is 1.21 bits per heavy atom. The molecule has 19 heavy (non-hydrogen) atoms. The van der Waals surface area contributed by atoms with Gasteiger partial charge in [-0.2, -0.15) is 0 Å². The fraction of sp³-hybridized carbons (Fsp3) is 0.286. The molecule has 5 heteroatoms. The number of nitrogens with zero attached hydrogens (tertiary/aromatic N) is 2. The van der Waals surface area contributed by atoms with Crippen molar-refractivity contribution in [2.24, 2.45) is 0 Å². The van der Waals surface area contributed by atoms with Crippen molar-refractivity contribution in [3.05, 3.63) is 40.6 Å². The zero-order chi connectivity index (χ0) is 13.2. The van der Waals surface area contributed by atoms with Crippen molar-refractivity contribution < 1.29 is 4.74 Å². The summed E-state index contributed by atoms with van der Waals surface area (Å²) in [7, 11) is 0. The van der Waals surface area contributed by atoms with Crippen molar-refractivity contribution in [2.45, 2.75) is 25.9 Å². The fourth-order valence-electron chi connectivity index (χ4n) is 1.64. The molecule has 0 atom stereocenters. The Morgan fingerprint density at radius 3 is 2.63 bits per heavy atom. The van der Waals surface area contributed by atoms with E-state index < -0.39 is 0 Å². The lowest BCUT2D eigenvalue weighted by atomic mass is 10.3. The first-order valence-electron chi connectivity index (χ1n) is 6.22. The van der Waals surface area contributed by atoms with Gasteiger partial charge in [0, 0.05) is 10.7 Å². The highest BCUT2D eigenvalue weighted by atomic mass is 79.9. The van der Waals surface area contributed by atoms with Crippen molar-refractivity contribution in [1.82, 2.24) is 9.97 Å². The number of halogens is 1. The van der Waals surface area contributed by atoms with E-state index in [9.17, 15) is 0 Å². The number of hydrogen-bond acceptors (Lipinski definition) is 4. The molecular weight excluding hydrogens is 306 g/mol. The maximum atomic E-state index is 5.65. The van der Waals surface area contributed by atoms with E-state index >= 15 is 0 Å². The molecule has 0 aliphatic heterocycles. The minimum Gasteiger partial charge on any atom is -0.489 e. The van der Waals surface area contributed by atoms with Crippen molar-refractivity contribution in [3.63, 3.8) is 0 Å². The van der Waals surface area contributed by atoms with Gasteiger partial charge in [0.15, 0.2) is 0 Å². The highest BCUT2D eigenvalue weighted by Gasteiger charge is 2.23. The van der Waals surface area contributed by atoms with E-state index in [0.717, 1.165) is 40.3 Å². The summed E-state index contributed by atoms with van der Waals surface area (Å²) >= 11 is 3.43. The Labute approximate surface area is 120 Å². The maximum Gasteiger partial charge on any atom is 0.138 e. The van der Waals surface area contributed by atoms with Gasteiger partial charge in [0.2, 0.25) is 0 Å². The standard InChI is InChI=1S/C14H14BrN3O/c1-9-6-14(17-8-12(9)15)18-13-5-4-11(7-16-13)19-10-2-3-10/h4-8,10H,2-3H2,1H3,(H,16,17,18). The molecule has 98 valence electrons. The smallest absolute Gasteiger partial charge is 0.138 e. The predicted octanol–water partition coefficient (Wildman–Crippen LogP) is 3.83. The van der Waals surface area contributed by atoms with E-state index in [0.29, 0.717) is 6.10 Å². The van der Waals surface area contributed by atoms with Gasteiger partial charge in [0.05, 0.1) is 12.3 Å². The number of ether oxygens (including phenoxy) is 1. The summed E-state index contributed by atoms with van der Waals surface area (Å²) in [5.41, 5.74) is 1.13. The number of anilines is 2. The lowest BCUT2D eigenvalue weighted by Gasteiger charge is -2.08. The number of nitrogens with one attached hydrogen (secondary N) is 1. The molecule has 1 N–H and O–H groups in total. The average Bonchev–Trinajstić information content (AvgIpc) is 3.20. The van der Waals surface area contributed by atoms with Gasteiger partial charge in [0.1, 0.15) is 17.4 Å². The van der Waals surface area contributed by atoms with E-state index in [1.54, 1.807) is 12.4 Å². The molecule has 1 saturated carbocycles. The quantitative estimate of drug-likeness (QED) is 0.930. The summed E-state index contributed by atoms with van der Waals surface area (Å²) < 4.78 is 6.65. The first-order chi connectivity index (χ1) is 9.20. The summed E-state index contributed by atoms with van der Waals surface area (Å²) in [6.45, 7) is 2.02. The molecule has 3 rings (SSSR count). The average molecular weight is 320 g/mol. The Morgan fingerprint density at radius 2 is 2.00 bits per heavy atom. The van der Waals surface area contributed by atoms with Crippen LogP contribution in [0.15, 0.2) is 35.1 Å². The van der Waals surface area contributed by atoms with Crippen molar-refractivity contribution >= 4 is 27.6 Å². The topological polar surface area (TPSA) is 47.0 Å². The van der Waals surface area contributed by atoms with E-state index in [4.69, 9.17) is 4.74 Å². The van der Waals surface area contributed by atoms with Crippen LogP contribution < -0.4 is 10.1 Å². The van der Waals surface area contributed by atoms with E-state index in [-0.39, 0.29) is 0 Å². The minimum atomic E-state index is 0.399. The molecule has 0 saturated heterocycles. The predicted molar refractivity (Wildman–Crippen MR) is 77.8 cm³/mol. The van der Waals surface area contributed by atoms with Gasteiger partial charge in [-0.25, -0.2) is 9.97 Å². The number of aromatic nitrogens is 2. The van der Waals surface area contributed by atoms with Crippen LogP contribution in [-0.2, 0) is 0 Å². The van der Waals surface area contributed by atoms with Crippen LogP contribution >= 0.6 is 15.9 Å². The molecule has 4 nitrogen and oxygen atoms in total. The molecule has 0 aromatic carbocycles. The van der Waals surface area contributed by atoms with E-state index in [1.807, 2.05) is 25.1 Å². The Bertz CT molecular complexity index is 582. The monoisotopic (exact) mass is 319 g/mol. The first-order valence-corrected chi connectivity index (χ1v) is 7.02. The molecular formula is C14H14BrN3O. The summed E-state index contributed by atoms with van der Waals surface area (Å²) in [5.74, 6) is 2.37. The van der Waals surface area contributed by atoms with Crippen LogP contribution in [0.2, 0.25) is 0 Å². The van der Waals surface area contributed by atoms with Crippen LogP contribution in [0.25, 0.3) is 0 Å². The highest BCUT2D eigenvalue weighted by molar-refractivity contribution is 9.10. The zero-order valence-corrected chi connectivity index (χ0v) is 12.1. The Kier molecular flexibility index (Phi) is 3.38. The van der Waals surface area contributed by atoms with Gasteiger partial charge in [-0.15, -0.1) is 0 Å². The van der Waals surface area contributed by atoms with Crippen LogP contribution in [0.4, 0.5) is 11.6 Å². The van der Waals surface area contributed by atoms with Crippen LogP contribution in [0.3, 0.4) is 0 Å². The molecule has 0 bridgehead atoms. The molecule has 0 amide bonds. The van der Waals surface area contributed by atoms with Crippen molar-refractivity contribution in [3.8, 4) is 5.75 Å². The Balaban J connectivity index is 1.69. The molecule has 2 heterocycles. The minimum absolute atomic E-state index is 0.399. The third kappa shape index (κ3) is 3.23. The van der Waals surface area contributed by atoms with Crippen LogP contribution in [0.1, 0.15) is 18.4 Å². The van der Waals surface area contributed by atoms with Gasteiger partial charge >= 0.3 is 0 Å². The highest BCUT2D eigenvalue weighted by Crippen LogP contribution is 2.27. The molecule has 2 aromatic rings. The molecule has 0 radical (unpaired) electrons. The second kappa shape index (κ2) is 5.17. The van der Waals surface area contributed by atoms with Crippen LogP contribution in [0, 0.1) is 6.92 Å². The molecule has 1 fully saturated rings. The van der Waals surface area contributed by atoms with E-state index in [1.165, 1.54) is 0 Å². The van der Waals surface area contributed by atoms with Crippen LogP contribution in [-0.4, -0.2) is 16.1 Å². The summed E-state index contributed by atoms with van der Waals surface area (Å²) in [4.78, 5) is 8.61. The number of hydrogen-bond donors (Lipinski definition) is 1. The summed E-state index contributed by atoms with van der Waals surface area (Å²) in [5, 5.41) is 3.17. The van der Waals surface area contributed by atoms with E-state index in [2.05, 4.69) is 31.2 Å². The molecule has 0 unspecified atom stereocenters. The van der Waals surface area contributed by atoms with Gasteiger partial charge in [-0.3, -0.25) is 0 Å². The SMILES string of the molecule is Cc1cc(Nc2ccc(OC3CC3)cn2)ncc1Br. The van der Waals surface area contributed by atoms with Gasteiger partial charge in [-0.05, 0) is 59.5 Å². The molecule has 1 aliphatic carbocycles. The van der Waals surface area contributed by atoms with Gasteiger partial charge in [0.25, 0.3) is 0 Å². The van der Waals surface area contributed by atoms with Crippen LogP contribution in [0.5, 0.6) is 5.75 Å². The van der Waals surface area contributed by atoms with Gasteiger partial charge < -0.3 is 10.1 Å². The lowest BCUT2D eigenvalue weighted by molar-refractivity contribution is 0.302. The first kappa shape index (κ1) is 12.4. The third-order valence-electron chi connectivity index (χ3n) is 2.87. The Hall–Kier alpha value is -1.62.